The molecule has 1 aromatic rings. The minimum atomic E-state index is -4.51. The van der Waals surface area contributed by atoms with Crippen LogP contribution in [0.3, 0.4) is 0 Å². The lowest BCUT2D eigenvalue weighted by atomic mass is 10.00. The van der Waals surface area contributed by atoms with Crippen molar-refractivity contribution in [2.75, 3.05) is 13.3 Å². The van der Waals surface area contributed by atoms with Crippen molar-refractivity contribution in [2.24, 2.45) is 5.92 Å². The summed E-state index contributed by atoms with van der Waals surface area (Å²) in [4.78, 5) is 46.7. The van der Waals surface area contributed by atoms with E-state index in [0.717, 1.165) is 16.8 Å². The van der Waals surface area contributed by atoms with Crippen molar-refractivity contribution in [1.29, 1.82) is 0 Å². The zero-order chi connectivity index (χ0) is 22.6. The molecule has 4 N–H and O–H groups in total. The van der Waals surface area contributed by atoms with Crippen LogP contribution < -0.4 is 16.3 Å². The topological polar surface area (TPSA) is 169 Å². The van der Waals surface area contributed by atoms with Crippen LogP contribution in [0.15, 0.2) is 21.9 Å². The molecular formula is C16H25FN3O9P. The summed E-state index contributed by atoms with van der Waals surface area (Å²) in [5, 5.41) is 12.4. The second kappa shape index (κ2) is 9.94. The molecule has 1 aromatic heterocycles. The fourth-order valence-electron chi connectivity index (χ4n) is 2.85. The number of hydrogen-bond donors (Lipinski definition) is 4. The highest BCUT2D eigenvalue weighted by molar-refractivity contribution is 7.50. The molecule has 6 unspecified atom stereocenters. The van der Waals surface area contributed by atoms with Gasteiger partial charge in [0.1, 0.15) is 12.1 Å². The third-order valence-corrected chi connectivity index (χ3v) is 5.51. The molecule has 30 heavy (non-hydrogen) atoms. The summed E-state index contributed by atoms with van der Waals surface area (Å²) in [7, 11) is -4.51. The number of rotatable bonds is 9. The molecule has 0 saturated carbocycles. The van der Waals surface area contributed by atoms with Gasteiger partial charge in [-0.15, -0.1) is 0 Å². The summed E-state index contributed by atoms with van der Waals surface area (Å²) in [6, 6.07) is -0.141. The molecule has 1 aliphatic heterocycles. The average molecular weight is 453 g/mol. The first-order chi connectivity index (χ1) is 13.9. The summed E-state index contributed by atoms with van der Waals surface area (Å²) < 4.78 is 41.8. The molecule has 0 spiro atoms. The van der Waals surface area contributed by atoms with Crippen molar-refractivity contribution in [1.82, 2.24) is 14.6 Å². The van der Waals surface area contributed by atoms with E-state index in [4.69, 9.17) is 14.0 Å². The number of hydrogen-bond acceptors (Lipinski definition) is 8. The minimum absolute atomic E-state index is 0.423. The number of nitrogens with zero attached hydrogens (tertiary/aromatic N) is 1. The number of esters is 1. The molecule has 170 valence electrons. The standard InChI is InChI=1S/C16H25FN3O9P/c1-8(2)28-15(23)9(3)19-30(25,26)27-7-11-10(6-17)13(22)14(29-11)20-5-4-12(21)18-16(20)24/h4-5,8-11,13-14,22H,6-7H2,1-3H3,(H,18,21,24)(H2,19,25,26). The maximum atomic E-state index is 13.5. The first-order valence-electron chi connectivity index (χ1n) is 9.11. The van der Waals surface area contributed by atoms with Crippen molar-refractivity contribution in [3.8, 4) is 0 Å². The first kappa shape index (κ1) is 24.4. The van der Waals surface area contributed by atoms with Crippen LogP contribution in [-0.2, 0) is 23.4 Å². The number of carbonyl (C=O) groups excluding carboxylic acids is 1. The van der Waals surface area contributed by atoms with E-state index < -0.39 is 74.7 Å². The highest BCUT2D eigenvalue weighted by Crippen LogP contribution is 2.41. The van der Waals surface area contributed by atoms with Crippen LogP contribution in [0.1, 0.15) is 27.0 Å². The molecule has 0 aromatic carbocycles. The van der Waals surface area contributed by atoms with Crippen LogP contribution >= 0.6 is 7.75 Å². The quantitative estimate of drug-likeness (QED) is 0.280. The number of halogens is 1. The van der Waals surface area contributed by atoms with E-state index in [2.05, 4.69) is 5.09 Å². The SMILES string of the molecule is CC(C)OC(=O)C(C)NP(=O)(O)OCC1OC(n2ccc(=O)[nH]c2=O)C(O)C1CF. The molecular weight excluding hydrogens is 428 g/mol. The predicted octanol–water partition coefficient (Wildman–Crippen LogP) is -0.573. The third kappa shape index (κ3) is 6.06. The Kier molecular flexibility index (Phi) is 8.08. The molecule has 2 rings (SSSR count). The zero-order valence-corrected chi connectivity index (χ0v) is 17.5. The number of aliphatic hydroxyl groups excluding tert-OH is 1. The summed E-state index contributed by atoms with van der Waals surface area (Å²) in [6.07, 6.45) is -3.36. The van der Waals surface area contributed by atoms with E-state index in [-0.39, 0.29) is 0 Å². The summed E-state index contributed by atoms with van der Waals surface area (Å²) in [6.45, 7) is 2.85. The Morgan fingerprint density at radius 1 is 1.43 bits per heavy atom. The highest BCUT2D eigenvalue weighted by Gasteiger charge is 2.46. The molecule has 12 nitrogen and oxygen atoms in total. The molecule has 0 bridgehead atoms. The Morgan fingerprint density at radius 2 is 2.10 bits per heavy atom. The summed E-state index contributed by atoms with van der Waals surface area (Å²) in [5.41, 5.74) is -1.54. The van der Waals surface area contributed by atoms with Gasteiger partial charge in [0, 0.05) is 18.2 Å². The molecule has 2 heterocycles. The Labute approximate surface area is 170 Å². The highest BCUT2D eigenvalue weighted by atomic mass is 31.2. The monoisotopic (exact) mass is 453 g/mol. The van der Waals surface area contributed by atoms with Gasteiger partial charge in [0.05, 0.1) is 25.5 Å². The normalized spacial score (nSPS) is 27.0. The maximum absolute atomic E-state index is 13.5. The van der Waals surface area contributed by atoms with Crippen LogP contribution in [0.5, 0.6) is 0 Å². The fourth-order valence-corrected chi connectivity index (χ4v) is 3.87. The van der Waals surface area contributed by atoms with Gasteiger partial charge in [0.15, 0.2) is 6.23 Å². The van der Waals surface area contributed by atoms with Gasteiger partial charge in [0.2, 0.25) is 0 Å². The van der Waals surface area contributed by atoms with Crippen LogP contribution in [-0.4, -0.2) is 63.2 Å². The smallest absolute Gasteiger partial charge is 0.403 e. The Morgan fingerprint density at radius 3 is 2.67 bits per heavy atom. The minimum Gasteiger partial charge on any atom is -0.462 e. The lowest BCUT2D eigenvalue weighted by Crippen LogP contribution is -2.36. The Hall–Kier alpha value is -1.89. The van der Waals surface area contributed by atoms with Gasteiger partial charge < -0.3 is 19.5 Å². The van der Waals surface area contributed by atoms with Crippen LogP contribution in [0.25, 0.3) is 0 Å². The van der Waals surface area contributed by atoms with Crippen molar-refractivity contribution >= 4 is 13.7 Å². The Bertz CT molecular complexity index is 904. The molecule has 0 radical (unpaired) electrons. The fraction of sp³-hybridized carbons (Fsp3) is 0.688. The molecule has 6 atom stereocenters. The maximum Gasteiger partial charge on any atom is 0.403 e. The summed E-state index contributed by atoms with van der Waals surface area (Å²) in [5.74, 6) is -1.94. The first-order valence-corrected chi connectivity index (χ1v) is 10.7. The van der Waals surface area contributed by atoms with Crippen molar-refractivity contribution < 1.29 is 37.7 Å². The van der Waals surface area contributed by atoms with E-state index in [1.165, 1.54) is 6.92 Å². The number of aromatic nitrogens is 2. The predicted molar refractivity (Wildman–Crippen MR) is 100 cm³/mol. The van der Waals surface area contributed by atoms with Gasteiger partial charge >= 0.3 is 19.4 Å². The molecule has 1 aliphatic rings. The number of aliphatic hydroxyl groups is 1. The van der Waals surface area contributed by atoms with Crippen molar-refractivity contribution in [3.63, 3.8) is 0 Å². The van der Waals surface area contributed by atoms with E-state index in [9.17, 15) is 33.3 Å². The van der Waals surface area contributed by atoms with Crippen molar-refractivity contribution in [3.05, 3.63) is 33.1 Å². The van der Waals surface area contributed by atoms with E-state index in [0.29, 0.717) is 0 Å². The number of aromatic amines is 1. The largest absolute Gasteiger partial charge is 0.462 e. The number of nitrogens with one attached hydrogen (secondary N) is 2. The molecule has 0 aliphatic carbocycles. The molecule has 1 fully saturated rings. The van der Waals surface area contributed by atoms with Gasteiger partial charge in [0.25, 0.3) is 5.56 Å². The zero-order valence-electron chi connectivity index (χ0n) is 16.6. The van der Waals surface area contributed by atoms with Crippen LogP contribution in [0.2, 0.25) is 0 Å². The third-order valence-electron chi connectivity index (χ3n) is 4.30. The van der Waals surface area contributed by atoms with Crippen LogP contribution in [0, 0.1) is 5.92 Å². The molecule has 0 amide bonds. The van der Waals surface area contributed by atoms with E-state index >= 15 is 0 Å². The Balaban J connectivity index is 2.04. The number of alkyl halides is 1. The lowest BCUT2D eigenvalue weighted by molar-refractivity contribution is -0.149. The molecule has 1 saturated heterocycles. The van der Waals surface area contributed by atoms with E-state index in [1.54, 1.807) is 13.8 Å². The number of H-pyrrole nitrogens is 1. The van der Waals surface area contributed by atoms with Gasteiger partial charge in [-0.25, -0.2) is 14.4 Å². The second-order valence-corrected chi connectivity index (χ2v) is 8.60. The number of ether oxygens (including phenoxy) is 2. The number of carbonyl (C=O) groups is 1. The van der Waals surface area contributed by atoms with E-state index in [1.807, 2.05) is 4.98 Å². The summed E-state index contributed by atoms with van der Waals surface area (Å²) >= 11 is 0. The van der Waals surface area contributed by atoms with Crippen LogP contribution in [0.4, 0.5) is 4.39 Å². The van der Waals surface area contributed by atoms with Crippen molar-refractivity contribution in [2.45, 2.75) is 51.4 Å². The lowest BCUT2D eigenvalue weighted by Gasteiger charge is -2.21. The molecule has 14 heteroatoms. The second-order valence-electron chi connectivity index (χ2n) is 7.04. The van der Waals surface area contributed by atoms with Gasteiger partial charge in [-0.1, -0.05) is 0 Å². The average Bonchev–Trinajstić information content (AvgIpc) is 2.94. The van der Waals surface area contributed by atoms with Gasteiger partial charge in [-0.2, -0.15) is 0 Å². The van der Waals surface area contributed by atoms with Gasteiger partial charge in [-0.05, 0) is 20.8 Å². The van der Waals surface area contributed by atoms with Gasteiger partial charge in [-0.3, -0.25) is 28.1 Å².